The van der Waals surface area contributed by atoms with Gasteiger partial charge in [-0.15, -0.1) is 5.10 Å². The van der Waals surface area contributed by atoms with Gasteiger partial charge in [0.05, 0.1) is 0 Å². The zero-order chi connectivity index (χ0) is 11.3. The van der Waals surface area contributed by atoms with E-state index in [0.29, 0.717) is 5.54 Å². The summed E-state index contributed by atoms with van der Waals surface area (Å²) in [7, 11) is 0. The monoisotopic (exact) mass is 230 g/mol. The van der Waals surface area contributed by atoms with E-state index in [2.05, 4.69) is 26.1 Å². The van der Waals surface area contributed by atoms with Crippen LogP contribution in [-0.4, -0.2) is 46.8 Å². The summed E-state index contributed by atoms with van der Waals surface area (Å²) < 4.78 is 0. The van der Waals surface area contributed by atoms with Gasteiger partial charge in [-0.2, -0.15) is 5.10 Å². The molecule has 0 radical (unpaired) electrons. The van der Waals surface area contributed by atoms with Crippen molar-refractivity contribution in [2.75, 3.05) is 31.1 Å². The maximum absolute atomic E-state index is 4.23. The van der Waals surface area contributed by atoms with Crippen molar-refractivity contribution in [3.05, 3.63) is 18.3 Å². The van der Waals surface area contributed by atoms with Gasteiger partial charge in [0.1, 0.15) is 0 Å². The Morgan fingerprint density at radius 3 is 3.06 bits per heavy atom. The Bertz CT molecular complexity index is 421. The first kappa shape index (κ1) is 9.83. The first-order chi connectivity index (χ1) is 8.36. The Morgan fingerprint density at radius 2 is 2.35 bits per heavy atom. The van der Waals surface area contributed by atoms with Crippen LogP contribution in [0.2, 0.25) is 0 Å². The van der Waals surface area contributed by atoms with Crippen LogP contribution < -0.4 is 4.90 Å². The average molecular weight is 230 g/mol. The number of fused-ring (bicyclic) bond motifs is 3. The molecule has 0 N–H and O–H groups in total. The van der Waals surface area contributed by atoms with Gasteiger partial charge < -0.3 is 4.90 Å². The van der Waals surface area contributed by atoms with E-state index >= 15 is 0 Å². The van der Waals surface area contributed by atoms with Crippen LogP contribution in [0.25, 0.3) is 0 Å². The minimum atomic E-state index is 0.473. The first-order valence-electron chi connectivity index (χ1n) is 6.63. The Hall–Kier alpha value is -1.16. The first-order valence-corrected chi connectivity index (χ1v) is 6.63. The lowest BCUT2D eigenvalue weighted by molar-refractivity contribution is 0.155. The van der Waals surface area contributed by atoms with E-state index in [1.807, 2.05) is 6.07 Å². The lowest BCUT2D eigenvalue weighted by atomic mass is 9.87. The summed E-state index contributed by atoms with van der Waals surface area (Å²) in [5.41, 5.74) is 0.473. The summed E-state index contributed by atoms with van der Waals surface area (Å²) in [4.78, 5) is 5.14. The fourth-order valence-corrected chi connectivity index (χ4v) is 4.04. The number of rotatable bonds is 1. The molecule has 90 valence electrons. The summed E-state index contributed by atoms with van der Waals surface area (Å²) in [5, 5.41) is 8.22. The van der Waals surface area contributed by atoms with Gasteiger partial charge in [-0.25, -0.2) is 0 Å². The number of hydrogen-bond acceptors (Lipinski definition) is 4. The third-order valence-electron chi connectivity index (χ3n) is 4.84. The molecule has 1 spiro atoms. The number of anilines is 1. The highest BCUT2D eigenvalue weighted by molar-refractivity contribution is 5.40. The predicted molar refractivity (Wildman–Crippen MR) is 65.9 cm³/mol. The lowest BCUT2D eigenvalue weighted by Gasteiger charge is -2.36. The molecule has 4 heteroatoms. The number of aromatic nitrogens is 2. The molecule has 4 nitrogen and oxygen atoms in total. The summed E-state index contributed by atoms with van der Waals surface area (Å²) in [6.07, 6.45) is 5.88. The maximum Gasteiger partial charge on any atom is 0.151 e. The van der Waals surface area contributed by atoms with Crippen molar-refractivity contribution in [3.63, 3.8) is 0 Å². The minimum absolute atomic E-state index is 0.473. The third kappa shape index (κ3) is 1.40. The highest BCUT2D eigenvalue weighted by Gasteiger charge is 2.52. The molecule has 4 heterocycles. The number of hydrogen-bond donors (Lipinski definition) is 0. The van der Waals surface area contributed by atoms with Crippen molar-refractivity contribution in [1.82, 2.24) is 15.1 Å². The second-order valence-corrected chi connectivity index (χ2v) is 5.78. The van der Waals surface area contributed by atoms with Crippen LogP contribution in [0.5, 0.6) is 0 Å². The zero-order valence-electron chi connectivity index (χ0n) is 10.0. The van der Waals surface area contributed by atoms with E-state index in [1.54, 1.807) is 6.20 Å². The molecule has 2 bridgehead atoms. The highest BCUT2D eigenvalue weighted by Crippen LogP contribution is 2.46. The molecule has 1 aromatic rings. The largest absolute Gasteiger partial charge is 0.353 e. The van der Waals surface area contributed by atoms with E-state index in [4.69, 9.17) is 0 Å². The van der Waals surface area contributed by atoms with Crippen molar-refractivity contribution < 1.29 is 0 Å². The van der Waals surface area contributed by atoms with Crippen LogP contribution in [0.3, 0.4) is 0 Å². The molecule has 0 aliphatic carbocycles. The zero-order valence-corrected chi connectivity index (χ0v) is 10.0. The molecular formula is C13H18N4. The Morgan fingerprint density at radius 1 is 1.35 bits per heavy atom. The molecule has 17 heavy (non-hydrogen) atoms. The molecule has 0 amide bonds. The van der Waals surface area contributed by atoms with Gasteiger partial charge in [0.2, 0.25) is 0 Å². The van der Waals surface area contributed by atoms with Crippen molar-refractivity contribution >= 4 is 5.82 Å². The molecule has 3 unspecified atom stereocenters. The van der Waals surface area contributed by atoms with Crippen LogP contribution in [0, 0.1) is 5.92 Å². The molecule has 4 rings (SSSR count). The van der Waals surface area contributed by atoms with Crippen LogP contribution in [0.4, 0.5) is 5.82 Å². The number of nitrogens with zero attached hydrogens (tertiary/aromatic N) is 4. The SMILES string of the molecule is c1cnnc(N2CCC3(CC4CCN3C4)C2)c1. The maximum atomic E-state index is 4.23. The molecule has 3 saturated heterocycles. The lowest BCUT2D eigenvalue weighted by Crippen LogP contribution is -2.46. The van der Waals surface area contributed by atoms with E-state index in [1.165, 1.54) is 32.4 Å². The van der Waals surface area contributed by atoms with Gasteiger partial charge in [0.25, 0.3) is 0 Å². The van der Waals surface area contributed by atoms with E-state index in [0.717, 1.165) is 24.8 Å². The third-order valence-corrected chi connectivity index (χ3v) is 4.84. The van der Waals surface area contributed by atoms with Gasteiger partial charge in [-0.05, 0) is 43.9 Å². The molecule has 0 saturated carbocycles. The van der Waals surface area contributed by atoms with Gasteiger partial charge in [0.15, 0.2) is 5.82 Å². The fourth-order valence-electron chi connectivity index (χ4n) is 4.04. The van der Waals surface area contributed by atoms with Crippen molar-refractivity contribution in [2.45, 2.75) is 24.8 Å². The Balaban J connectivity index is 1.57. The van der Waals surface area contributed by atoms with Crippen LogP contribution >= 0.6 is 0 Å². The second kappa shape index (κ2) is 3.42. The Labute approximate surface area is 102 Å². The topological polar surface area (TPSA) is 32.3 Å². The van der Waals surface area contributed by atoms with Crippen molar-refractivity contribution in [1.29, 1.82) is 0 Å². The van der Waals surface area contributed by atoms with Crippen molar-refractivity contribution in [3.8, 4) is 0 Å². The van der Waals surface area contributed by atoms with Crippen molar-refractivity contribution in [2.24, 2.45) is 5.92 Å². The van der Waals surface area contributed by atoms with E-state index < -0.39 is 0 Å². The molecule has 3 aliphatic rings. The Kier molecular flexibility index (Phi) is 1.98. The molecule has 0 aromatic carbocycles. The van der Waals surface area contributed by atoms with Crippen LogP contribution in [0.15, 0.2) is 18.3 Å². The van der Waals surface area contributed by atoms with Gasteiger partial charge >= 0.3 is 0 Å². The molecule has 1 aromatic heterocycles. The number of piperidine rings is 1. The van der Waals surface area contributed by atoms with Gasteiger partial charge in [-0.3, -0.25) is 4.90 Å². The molecule has 3 fully saturated rings. The quantitative estimate of drug-likeness (QED) is 0.724. The summed E-state index contributed by atoms with van der Waals surface area (Å²) in [5.74, 6) is 2.02. The standard InChI is InChI=1S/C13H18N4/c1-2-12(15-14-5-1)16-7-4-13(10-16)8-11-3-6-17(13)9-11/h1-2,5,11H,3-4,6-10H2. The van der Waals surface area contributed by atoms with Gasteiger partial charge in [-0.1, -0.05) is 0 Å². The minimum Gasteiger partial charge on any atom is -0.353 e. The molecular weight excluding hydrogens is 212 g/mol. The summed E-state index contributed by atoms with van der Waals surface area (Å²) in [6.45, 7) is 4.96. The normalized spacial score (nSPS) is 39.4. The highest BCUT2D eigenvalue weighted by atomic mass is 15.4. The summed E-state index contributed by atoms with van der Waals surface area (Å²) >= 11 is 0. The molecule has 3 aliphatic heterocycles. The molecule has 3 atom stereocenters. The van der Waals surface area contributed by atoms with E-state index in [-0.39, 0.29) is 0 Å². The van der Waals surface area contributed by atoms with Crippen LogP contribution in [0.1, 0.15) is 19.3 Å². The van der Waals surface area contributed by atoms with Crippen LogP contribution in [-0.2, 0) is 0 Å². The average Bonchev–Trinajstić information content (AvgIpc) is 3.06. The van der Waals surface area contributed by atoms with E-state index in [9.17, 15) is 0 Å². The summed E-state index contributed by atoms with van der Waals surface area (Å²) in [6, 6.07) is 4.06. The second-order valence-electron chi connectivity index (χ2n) is 5.78. The fraction of sp³-hybridized carbons (Fsp3) is 0.692. The smallest absolute Gasteiger partial charge is 0.151 e. The van der Waals surface area contributed by atoms with Gasteiger partial charge in [0, 0.05) is 31.4 Å². The predicted octanol–water partition coefficient (Wildman–Crippen LogP) is 1.15.